The Kier molecular flexibility index (Phi) is 4.08. The van der Waals surface area contributed by atoms with Crippen LogP contribution in [0.1, 0.15) is 21.4 Å². The monoisotopic (exact) mass is 266 g/mol. The minimum Gasteiger partial charge on any atom is -0.373 e. The Balaban J connectivity index is 3.13. The summed E-state index contributed by atoms with van der Waals surface area (Å²) in [5.74, 6) is 0. The van der Waals surface area contributed by atoms with Crippen molar-refractivity contribution in [2.75, 3.05) is 7.11 Å². The second-order valence-electron chi connectivity index (χ2n) is 3.43. The van der Waals surface area contributed by atoms with Gasteiger partial charge < -0.3 is 9.84 Å². The van der Waals surface area contributed by atoms with Crippen molar-refractivity contribution in [1.82, 2.24) is 0 Å². The van der Waals surface area contributed by atoms with Crippen LogP contribution in [-0.2, 0) is 14.9 Å². The van der Waals surface area contributed by atoms with Gasteiger partial charge in [0.2, 0.25) is 5.44 Å². The van der Waals surface area contributed by atoms with Crippen LogP contribution in [-0.4, -0.2) is 30.6 Å². The van der Waals surface area contributed by atoms with Crippen LogP contribution in [0.4, 0.5) is 0 Å². The highest BCUT2D eigenvalue weighted by Gasteiger charge is 2.33. The highest BCUT2D eigenvalue weighted by Crippen LogP contribution is 2.31. The minimum absolute atomic E-state index is 0.579. The van der Waals surface area contributed by atoms with Gasteiger partial charge in [0.25, 0.3) is 10.1 Å². The Morgan fingerprint density at radius 3 is 2.31 bits per heavy atom. The number of aliphatic hydroxyl groups excluding tert-OH is 1. The Morgan fingerprint density at radius 2 is 2.00 bits per heavy atom. The van der Waals surface area contributed by atoms with Gasteiger partial charge in [-0.1, -0.05) is 0 Å². The van der Waals surface area contributed by atoms with E-state index in [2.05, 4.69) is 0 Å². The first-order chi connectivity index (χ1) is 7.27. The van der Waals surface area contributed by atoms with Gasteiger partial charge in [-0.25, -0.2) is 0 Å². The highest BCUT2D eigenvalue weighted by molar-refractivity contribution is 7.86. The third kappa shape index (κ3) is 2.80. The van der Waals surface area contributed by atoms with Crippen LogP contribution >= 0.6 is 11.3 Å². The Morgan fingerprint density at radius 1 is 1.44 bits per heavy atom. The van der Waals surface area contributed by atoms with Crippen molar-refractivity contribution < 1.29 is 22.8 Å². The van der Waals surface area contributed by atoms with E-state index in [0.29, 0.717) is 5.56 Å². The van der Waals surface area contributed by atoms with E-state index in [1.165, 1.54) is 18.4 Å². The van der Waals surface area contributed by atoms with Crippen LogP contribution in [0, 0.1) is 13.8 Å². The third-order valence-electron chi connectivity index (χ3n) is 2.20. The molecular weight excluding hydrogens is 252 g/mol. The average molecular weight is 266 g/mol. The summed E-state index contributed by atoms with van der Waals surface area (Å²) in [7, 11) is -3.25. The maximum absolute atomic E-state index is 10.9. The van der Waals surface area contributed by atoms with Gasteiger partial charge in [0.05, 0.1) is 0 Å². The number of rotatable bonds is 4. The SMILES string of the molecule is COC(c1cc(C)sc1C)C(O)S(=O)(=O)O. The first-order valence-electron chi connectivity index (χ1n) is 4.51. The molecule has 0 saturated carbocycles. The molecule has 2 atom stereocenters. The normalized spacial score (nSPS) is 16.1. The lowest BCUT2D eigenvalue weighted by atomic mass is 10.1. The number of aryl methyl sites for hydroxylation is 2. The fourth-order valence-corrected chi connectivity index (χ4v) is 3.02. The molecule has 0 bridgehead atoms. The van der Waals surface area contributed by atoms with Crippen molar-refractivity contribution in [3.8, 4) is 0 Å². The van der Waals surface area contributed by atoms with Gasteiger partial charge in [0.15, 0.2) is 0 Å². The highest BCUT2D eigenvalue weighted by atomic mass is 32.2. The molecule has 0 spiro atoms. The molecule has 16 heavy (non-hydrogen) atoms. The van der Waals surface area contributed by atoms with Crippen LogP contribution in [0.2, 0.25) is 0 Å². The maximum atomic E-state index is 10.9. The number of hydrogen-bond donors (Lipinski definition) is 2. The van der Waals surface area contributed by atoms with Crippen molar-refractivity contribution in [1.29, 1.82) is 0 Å². The molecule has 0 aliphatic carbocycles. The Hall–Kier alpha value is -0.470. The Bertz CT molecular complexity index is 462. The lowest BCUT2D eigenvalue weighted by Gasteiger charge is -2.19. The first-order valence-corrected chi connectivity index (χ1v) is 6.83. The summed E-state index contributed by atoms with van der Waals surface area (Å²) in [5, 5.41) is 9.47. The van der Waals surface area contributed by atoms with Crippen LogP contribution < -0.4 is 0 Å². The standard InChI is InChI=1S/C9H14O5S2/c1-5-4-7(6(2)15-5)8(14-3)9(10)16(11,12)13/h4,8-10H,1-3H3,(H,11,12,13). The smallest absolute Gasteiger partial charge is 0.295 e. The zero-order chi connectivity index (χ0) is 12.5. The molecule has 0 saturated heterocycles. The van der Waals surface area contributed by atoms with E-state index in [4.69, 9.17) is 9.29 Å². The van der Waals surface area contributed by atoms with Gasteiger partial charge in [0, 0.05) is 16.9 Å². The molecular formula is C9H14O5S2. The predicted octanol–water partition coefficient (Wildman–Crippen LogP) is 1.26. The van der Waals surface area contributed by atoms with E-state index in [1.54, 1.807) is 13.0 Å². The number of hydrogen-bond acceptors (Lipinski definition) is 5. The average Bonchev–Trinajstić information content (AvgIpc) is 2.45. The topological polar surface area (TPSA) is 83.8 Å². The summed E-state index contributed by atoms with van der Waals surface area (Å²) >= 11 is 1.47. The van der Waals surface area contributed by atoms with Crippen molar-refractivity contribution in [3.05, 3.63) is 21.4 Å². The Labute approximate surface area is 98.4 Å². The van der Waals surface area contributed by atoms with Crippen LogP contribution in [0.5, 0.6) is 0 Å². The summed E-state index contributed by atoms with van der Waals surface area (Å²) in [6.07, 6.45) is -1.07. The number of methoxy groups -OCH3 is 1. The van der Waals surface area contributed by atoms with Gasteiger partial charge in [-0.15, -0.1) is 11.3 Å². The van der Waals surface area contributed by atoms with Crippen LogP contribution in [0.25, 0.3) is 0 Å². The molecule has 0 aliphatic heterocycles. The molecule has 0 aliphatic rings. The molecule has 1 aromatic rings. The second-order valence-corrected chi connectivity index (χ2v) is 6.40. The van der Waals surface area contributed by atoms with E-state index in [-0.39, 0.29) is 0 Å². The number of aliphatic hydroxyl groups is 1. The largest absolute Gasteiger partial charge is 0.373 e. The summed E-state index contributed by atoms with van der Waals surface area (Å²) in [4.78, 5) is 1.84. The van der Waals surface area contributed by atoms with Gasteiger partial charge in [-0.2, -0.15) is 8.42 Å². The van der Waals surface area contributed by atoms with Crippen molar-refractivity contribution in [2.24, 2.45) is 0 Å². The maximum Gasteiger partial charge on any atom is 0.295 e. The van der Waals surface area contributed by atoms with Gasteiger partial charge >= 0.3 is 0 Å². The summed E-state index contributed by atoms with van der Waals surface area (Å²) in [5.41, 5.74) is -1.39. The van der Waals surface area contributed by atoms with Crippen molar-refractivity contribution in [3.63, 3.8) is 0 Å². The lowest BCUT2D eigenvalue weighted by molar-refractivity contribution is 0.0225. The minimum atomic E-state index is -4.53. The molecule has 1 aromatic heterocycles. The van der Waals surface area contributed by atoms with E-state index in [0.717, 1.165) is 9.75 Å². The van der Waals surface area contributed by atoms with E-state index >= 15 is 0 Å². The first kappa shape index (κ1) is 13.6. The summed E-state index contributed by atoms with van der Waals surface area (Å²) < 4.78 is 35.4. The van der Waals surface area contributed by atoms with Crippen molar-refractivity contribution >= 4 is 21.5 Å². The van der Waals surface area contributed by atoms with Crippen molar-refractivity contribution in [2.45, 2.75) is 25.4 Å². The van der Waals surface area contributed by atoms with E-state index in [1.807, 2.05) is 6.92 Å². The molecule has 0 radical (unpaired) electrons. The quantitative estimate of drug-likeness (QED) is 0.801. The third-order valence-corrected chi connectivity index (χ3v) is 4.04. The van der Waals surface area contributed by atoms with Gasteiger partial charge in [-0.05, 0) is 25.5 Å². The molecule has 2 unspecified atom stereocenters. The number of thiophene rings is 1. The molecule has 5 nitrogen and oxygen atoms in total. The summed E-state index contributed by atoms with van der Waals surface area (Å²) in [6.45, 7) is 3.67. The van der Waals surface area contributed by atoms with E-state index < -0.39 is 21.7 Å². The van der Waals surface area contributed by atoms with Gasteiger partial charge in [0.1, 0.15) is 6.10 Å². The second kappa shape index (κ2) is 4.80. The molecule has 1 heterocycles. The molecule has 2 N–H and O–H groups in total. The lowest BCUT2D eigenvalue weighted by Crippen LogP contribution is -2.28. The molecule has 92 valence electrons. The van der Waals surface area contributed by atoms with Gasteiger partial charge in [-0.3, -0.25) is 4.55 Å². The number of ether oxygens (including phenoxy) is 1. The fraction of sp³-hybridized carbons (Fsp3) is 0.556. The molecule has 0 amide bonds. The molecule has 7 heteroatoms. The molecule has 0 fully saturated rings. The fourth-order valence-electron chi connectivity index (χ4n) is 1.49. The zero-order valence-electron chi connectivity index (χ0n) is 9.17. The zero-order valence-corrected chi connectivity index (χ0v) is 10.8. The molecule has 0 aromatic carbocycles. The van der Waals surface area contributed by atoms with E-state index in [9.17, 15) is 13.5 Å². The van der Waals surface area contributed by atoms with Crippen LogP contribution in [0.15, 0.2) is 6.07 Å². The van der Waals surface area contributed by atoms with Crippen LogP contribution in [0.3, 0.4) is 0 Å². The molecule has 1 rings (SSSR count). The summed E-state index contributed by atoms with van der Waals surface area (Å²) in [6, 6.07) is 1.74. The predicted molar refractivity (Wildman–Crippen MR) is 61.1 cm³/mol.